The van der Waals surface area contributed by atoms with Crippen molar-refractivity contribution < 1.29 is 9.53 Å². The van der Waals surface area contributed by atoms with E-state index in [1.807, 2.05) is 49.4 Å². The van der Waals surface area contributed by atoms with Crippen LogP contribution in [0.5, 0.6) is 5.75 Å². The number of amides is 1. The first-order chi connectivity index (χ1) is 15.6. The van der Waals surface area contributed by atoms with Crippen LogP contribution in [-0.4, -0.2) is 51.8 Å². The van der Waals surface area contributed by atoms with Crippen LogP contribution in [0.25, 0.3) is 11.4 Å². The summed E-state index contributed by atoms with van der Waals surface area (Å²) in [5, 5.41) is 10.2. The van der Waals surface area contributed by atoms with Crippen LogP contribution in [0, 0.1) is 4.77 Å². The van der Waals surface area contributed by atoms with Crippen LogP contribution in [-0.2, 0) is 11.3 Å². The van der Waals surface area contributed by atoms with Gasteiger partial charge in [0.15, 0.2) is 10.6 Å². The largest absolute Gasteiger partial charge is 0.494 e. The lowest BCUT2D eigenvalue weighted by Gasteiger charge is -2.30. The minimum Gasteiger partial charge on any atom is -0.494 e. The molecule has 0 aliphatic carbocycles. The summed E-state index contributed by atoms with van der Waals surface area (Å²) in [4.78, 5) is 15.2. The molecule has 0 saturated heterocycles. The highest BCUT2D eigenvalue weighted by atomic mass is 32.1. The van der Waals surface area contributed by atoms with E-state index in [1.54, 1.807) is 4.57 Å². The minimum atomic E-state index is -0.109. The van der Waals surface area contributed by atoms with Gasteiger partial charge in [-0.05, 0) is 62.1 Å². The molecule has 3 aromatic rings. The Kier molecular flexibility index (Phi) is 8.58. The number of carbonyl (C=O) groups excluding carboxylic acids is 1. The molecule has 0 fully saturated rings. The zero-order valence-electron chi connectivity index (χ0n) is 18.9. The van der Waals surface area contributed by atoms with Crippen molar-refractivity contribution in [2.75, 3.05) is 26.2 Å². The smallest absolute Gasteiger partial charge is 0.240 e. The van der Waals surface area contributed by atoms with E-state index >= 15 is 0 Å². The van der Waals surface area contributed by atoms with Gasteiger partial charge in [-0.25, -0.2) is 0 Å². The number of nitrogens with zero attached hydrogens (tertiary/aromatic N) is 3. The summed E-state index contributed by atoms with van der Waals surface area (Å²) in [6, 6.07) is 18.0. The molecule has 0 aliphatic heterocycles. The number of rotatable bonds is 11. The van der Waals surface area contributed by atoms with Crippen LogP contribution in [0.1, 0.15) is 32.4 Å². The molecule has 1 atom stereocenters. The average Bonchev–Trinajstić information content (AvgIpc) is 3.18. The number of aromatic amines is 1. The highest BCUT2D eigenvalue weighted by molar-refractivity contribution is 7.71. The molecule has 0 saturated carbocycles. The molecule has 0 aliphatic rings. The lowest BCUT2D eigenvalue weighted by atomic mass is 10.1. The molecule has 170 valence electrons. The highest BCUT2D eigenvalue weighted by Crippen LogP contribution is 2.22. The SMILES string of the molecule is CCOc1ccc(-c2n[nH]c(=S)n2CC(=O)NC[C@H](c2ccccc2)N(CC)CC)cc1. The van der Waals surface area contributed by atoms with E-state index in [-0.39, 0.29) is 18.5 Å². The molecule has 1 heterocycles. The van der Waals surface area contributed by atoms with Crippen molar-refractivity contribution in [2.45, 2.75) is 33.4 Å². The molecule has 0 radical (unpaired) electrons. The Morgan fingerprint density at radius 1 is 1.12 bits per heavy atom. The standard InChI is InChI=1S/C24H31N5O2S/c1-4-28(5-2)21(18-10-8-7-9-11-18)16-25-22(30)17-29-23(26-27-24(29)32)19-12-14-20(15-13-19)31-6-3/h7-15,21H,4-6,16-17H2,1-3H3,(H,25,30)(H,27,32)/t21-/m1/s1. The Hall–Kier alpha value is -2.97. The van der Waals surface area contributed by atoms with Gasteiger partial charge in [-0.3, -0.25) is 19.4 Å². The second-order valence-corrected chi connectivity index (χ2v) is 7.73. The molecule has 2 N–H and O–H groups in total. The maximum Gasteiger partial charge on any atom is 0.240 e. The van der Waals surface area contributed by atoms with Crippen molar-refractivity contribution in [2.24, 2.45) is 0 Å². The Balaban J connectivity index is 1.72. The number of nitrogens with one attached hydrogen (secondary N) is 2. The number of carbonyl (C=O) groups is 1. The summed E-state index contributed by atoms with van der Waals surface area (Å²) in [6.07, 6.45) is 0. The predicted octanol–water partition coefficient (Wildman–Crippen LogP) is 4.21. The zero-order chi connectivity index (χ0) is 22.9. The summed E-state index contributed by atoms with van der Waals surface area (Å²) in [5.41, 5.74) is 2.05. The second kappa shape index (κ2) is 11.6. The van der Waals surface area contributed by atoms with E-state index in [1.165, 1.54) is 5.56 Å². The van der Waals surface area contributed by atoms with E-state index in [2.05, 4.69) is 46.4 Å². The number of hydrogen-bond donors (Lipinski definition) is 2. The summed E-state index contributed by atoms with van der Waals surface area (Å²) in [7, 11) is 0. The van der Waals surface area contributed by atoms with Gasteiger partial charge >= 0.3 is 0 Å². The van der Waals surface area contributed by atoms with Crippen molar-refractivity contribution in [1.82, 2.24) is 25.0 Å². The number of aromatic nitrogens is 3. The fraction of sp³-hybridized carbons (Fsp3) is 0.375. The third kappa shape index (κ3) is 5.83. The molecule has 8 heteroatoms. The molecule has 0 unspecified atom stereocenters. The number of hydrogen-bond acceptors (Lipinski definition) is 5. The topological polar surface area (TPSA) is 75.2 Å². The van der Waals surface area contributed by atoms with Crippen LogP contribution >= 0.6 is 12.2 Å². The van der Waals surface area contributed by atoms with Gasteiger partial charge in [-0.15, -0.1) is 0 Å². The van der Waals surface area contributed by atoms with Gasteiger partial charge in [-0.1, -0.05) is 44.2 Å². The quantitative estimate of drug-likeness (QED) is 0.426. The number of H-pyrrole nitrogens is 1. The molecule has 1 amide bonds. The van der Waals surface area contributed by atoms with Gasteiger partial charge in [0.1, 0.15) is 12.3 Å². The Bertz CT molecular complexity index is 1040. The van der Waals surface area contributed by atoms with Crippen molar-refractivity contribution in [3.05, 3.63) is 64.9 Å². The normalized spacial score (nSPS) is 12.0. The van der Waals surface area contributed by atoms with Crippen molar-refractivity contribution in [3.63, 3.8) is 0 Å². The lowest BCUT2D eigenvalue weighted by molar-refractivity contribution is -0.121. The van der Waals surface area contributed by atoms with Crippen LogP contribution < -0.4 is 10.1 Å². The van der Waals surface area contributed by atoms with Gasteiger partial charge in [0, 0.05) is 12.1 Å². The molecule has 1 aromatic heterocycles. The summed E-state index contributed by atoms with van der Waals surface area (Å²) >= 11 is 5.38. The van der Waals surface area contributed by atoms with Gasteiger partial charge in [0.2, 0.25) is 5.91 Å². The molecular weight excluding hydrogens is 422 g/mol. The van der Waals surface area contributed by atoms with E-state index in [9.17, 15) is 4.79 Å². The molecule has 0 spiro atoms. The Morgan fingerprint density at radius 2 is 1.81 bits per heavy atom. The van der Waals surface area contributed by atoms with Crippen LogP contribution in [0.15, 0.2) is 54.6 Å². The maximum atomic E-state index is 12.9. The first-order valence-corrected chi connectivity index (χ1v) is 11.4. The molecule has 3 rings (SSSR count). The fourth-order valence-corrected chi connectivity index (χ4v) is 3.96. The summed E-state index contributed by atoms with van der Waals surface area (Å²) in [5.74, 6) is 1.30. The third-order valence-corrected chi connectivity index (χ3v) is 5.73. The average molecular weight is 454 g/mol. The first-order valence-electron chi connectivity index (χ1n) is 11.0. The van der Waals surface area contributed by atoms with E-state index in [0.717, 1.165) is 24.4 Å². The number of benzene rings is 2. The van der Waals surface area contributed by atoms with Gasteiger partial charge in [0.25, 0.3) is 0 Å². The maximum absolute atomic E-state index is 12.9. The predicted molar refractivity (Wildman–Crippen MR) is 129 cm³/mol. The monoisotopic (exact) mass is 453 g/mol. The number of ether oxygens (including phenoxy) is 1. The van der Waals surface area contributed by atoms with Gasteiger partial charge < -0.3 is 10.1 Å². The Labute approximate surface area is 194 Å². The Morgan fingerprint density at radius 3 is 2.44 bits per heavy atom. The zero-order valence-corrected chi connectivity index (χ0v) is 19.7. The second-order valence-electron chi connectivity index (χ2n) is 7.35. The molecule has 32 heavy (non-hydrogen) atoms. The molecular formula is C24H31N5O2S. The molecule has 7 nitrogen and oxygen atoms in total. The van der Waals surface area contributed by atoms with Gasteiger partial charge in [0.05, 0.1) is 12.6 Å². The highest BCUT2D eigenvalue weighted by Gasteiger charge is 2.19. The number of likely N-dealkylation sites (N-methyl/N-ethyl adjacent to an activating group) is 1. The summed E-state index contributed by atoms with van der Waals surface area (Å²) < 4.78 is 7.63. The molecule has 2 aromatic carbocycles. The van der Waals surface area contributed by atoms with Crippen LogP contribution in [0.3, 0.4) is 0 Å². The van der Waals surface area contributed by atoms with E-state index in [0.29, 0.717) is 23.7 Å². The van der Waals surface area contributed by atoms with Crippen LogP contribution in [0.4, 0.5) is 0 Å². The van der Waals surface area contributed by atoms with Crippen molar-refractivity contribution in [3.8, 4) is 17.1 Å². The van der Waals surface area contributed by atoms with Crippen molar-refractivity contribution >= 4 is 18.1 Å². The third-order valence-electron chi connectivity index (χ3n) is 5.41. The van der Waals surface area contributed by atoms with Gasteiger partial charge in [-0.2, -0.15) is 5.10 Å². The van der Waals surface area contributed by atoms with Crippen LogP contribution in [0.2, 0.25) is 0 Å². The van der Waals surface area contributed by atoms with E-state index in [4.69, 9.17) is 17.0 Å². The van der Waals surface area contributed by atoms with Crippen molar-refractivity contribution in [1.29, 1.82) is 0 Å². The molecule has 0 bridgehead atoms. The minimum absolute atomic E-state index is 0.0949. The first kappa shape index (κ1) is 23.7. The lowest BCUT2D eigenvalue weighted by Crippen LogP contribution is -2.39. The summed E-state index contributed by atoms with van der Waals surface area (Å²) in [6.45, 7) is 9.24. The van der Waals surface area contributed by atoms with E-state index < -0.39 is 0 Å². The fourth-order valence-electron chi connectivity index (χ4n) is 3.76.